The zero-order chi connectivity index (χ0) is 12.2. The van der Waals surface area contributed by atoms with Gasteiger partial charge in [-0.2, -0.15) is 0 Å². The fraction of sp³-hybridized carbons (Fsp3) is 0.800. The van der Waals surface area contributed by atoms with Gasteiger partial charge in [0.15, 0.2) is 6.10 Å². The van der Waals surface area contributed by atoms with E-state index >= 15 is 0 Å². The fourth-order valence-corrected chi connectivity index (χ4v) is 1.22. The molecular formula is C10H17NO5. The lowest BCUT2D eigenvalue weighted by Gasteiger charge is -2.19. The Bertz CT molecular complexity index is 265. The van der Waals surface area contributed by atoms with Crippen molar-refractivity contribution < 1.29 is 23.9 Å². The molecule has 1 unspecified atom stereocenters. The summed E-state index contributed by atoms with van der Waals surface area (Å²) in [6, 6.07) is 0. The highest BCUT2D eigenvalue weighted by atomic mass is 16.7. The molecule has 1 aliphatic rings. The molecule has 0 radical (unpaired) electrons. The Morgan fingerprint density at radius 1 is 1.38 bits per heavy atom. The lowest BCUT2D eigenvalue weighted by molar-refractivity contribution is -0.161. The Labute approximate surface area is 94.2 Å². The normalized spacial score (nSPS) is 20.3. The van der Waals surface area contributed by atoms with Gasteiger partial charge in [-0.15, -0.1) is 5.48 Å². The van der Waals surface area contributed by atoms with Crippen molar-refractivity contribution in [2.75, 3.05) is 6.61 Å². The minimum atomic E-state index is -0.793. The van der Waals surface area contributed by atoms with Crippen LogP contribution >= 0.6 is 0 Å². The summed E-state index contributed by atoms with van der Waals surface area (Å²) in [5, 5.41) is 0. The Kier molecular flexibility index (Phi) is 4.12. The number of hydrogen-bond donors (Lipinski definition) is 1. The van der Waals surface area contributed by atoms with Crippen LogP contribution in [0.25, 0.3) is 0 Å². The summed E-state index contributed by atoms with van der Waals surface area (Å²) in [6.07, 6.45) is 0.0786. The average Bonchev–Trinajstić information content (AvgIpc) is 2.64. The van der Waals surface area contributed by atoms with E-state index in [2.05, 4.69) is 4.84 Å². The molecular weight excluding hydrogens is 214 g/mol. The quantitative estimate of drug-likeness (QED) is 0.685. The molecule has 1 atom stereocenters. The minimum absolute atomic E-state index is 0.548. The predicted octanol–water partition coefficient (Wildman–Crippen LogP) is 1.15. The summed E-state index contributed by atoms with van der Waals surface area (Å²) >= 11 is 0. The monoisotopic (exact) mass is 231 g/mol. The summed E-state index contributed by atoms with van der Waals surface area (Å²) < 4.78 is 9.96. The average molecular weight is 231 g/mol. The number of rotatable bonds is 1. The van der Waals surface area contributed by atoms with Gasteiger partial charge in [0.1, 0.15) is 5.60 Å². The maximum Gasteiger partial charge on any atom is 0.441 e. The van der Waals surface area contributed by atoms with Gasteiger partial charge in [0.2, 0.25) is 0 Å². The molecule has 6 heteroatoms. The maximum atomic E-state index is 11.3. The van der Waals surface area contributed by atoms with Crippen molar-refractivity contribution in [3.63, 3.8) is 0 Å². The minimum Gasteiger partial charge on any atom is -0.442 e. The third-order valence-corrected chi connectivity index (χ3v) is 1.83. The standard InChI is InChI=1S/C10H17NO5/c1-10(2,3)15-9(13)11-16-8(12)7-5-4-6-14-7/h7H,4-6H2,1-3H3,(H,11,13). The molecule has 1 fully saturated rings. The Balaban J connectivity index is 2.23. The molecule has 0 saturated carbocycles. The van der Waals surface area contributed by atoms with Crippen LogP contribution in [0.2, 0.25) is 0 Å². The van der Waals surface area contributed by atoms with Crippen molar-refractivity contribution in [1.82, 2.24) is 5.48 Å². The summed E-state index contributed by atoms with van der Waals surface area (Å²) in [4.78, 5) is 27.0. The first kappa shape index (κ1) is 12.8. The predicted molar refractivity (Wildman–Crippen MR) is 54.4 cm³/mol. The molecule has 1 aliphatic heterocycles. The SMILES string of the molecule is CC(C)(C)OC(=O)NOC(=O)C1CCCO1. The van der Waals surface area contributed by atoms with Crippen molar-refractivity contribution in [2.24, 2.45) is 0 Å². The van der Waals surface area contributed by atoms with Gasteiger partial charge in [0.05, 0.1) is 0 Å². The first-order valence-corrected chi connectivity index (χ1v) is 5.20. The smallest absolute Gasteiger partial charge is 0.441 e. The number of carbonyl (C=O) groups is 2. The van der Waals surface area contributed by atoms with Gasteiger partial charge in [-0.3, -0.25) is 0 Å². The lowest BCUT2D eigenvalue weighted by Crippen LogP contribution is -2.36. The molecule has 92 valence electrons. The van der Waals surface area contributed by atoms with Gasteiger partial charge in [0.25, 0.3) is 0 Å². The highest BCUT2D eigenvalue weighted by Crippen LogP contribution is 2.13. The molecule has 0 aromatic carbocycles. The molecule has 0 aromatic heterocycles. The van der Waals surface area contributed by atoms with Crippen LogP contribution in [0.1, 0.15) is 33.6 Å². The molecule has 1 saturated heterocycles. The van der Waals surface area contributed by atoms with E-state index in [9.17, 15) is 9.59 Å². The highest BCUT2D eigenvalue weighted by Gasteiger charge is 2.26. The van der Waals surface area contributed by atoms with Crippen LogP contribution in [0, 0.1) is 0 Å². The number of nitrogens with one attached hydrogen (secondary N) is 1. The van der Waals surface area contributed by atoms with E-state index in [0.29, 0.717) is 13.0 Å². The van der Waals surface area contributed by atoms with Gasteiger partial charge in [-0.05, 0) is 33.6 Å². The Hall–Kier alpha value is -1.30. The molecule has 1 heterocycles. The van der Waals surface area contributed by atoms with Crippen LogP contribution in [0.4, 0.5) is 4.79 Å². The van der Waals surface area contributed by atoms with Gasteiger partial charge in [0, 0.05) is 6.61 Å². The largest absolute Gasteiger partial charge is 0.442 e. The summed E-state index contributed by atoms with van der Waals surface area (Å²) in [6.45, 7) is 5.70. The zero-order valence-corrected chi connectivity index (χ0v) is 9.74. The van der Waals surface area contributed by atoms with E-state index in [1.807, 2.05) is 5.48 Å². The van der Waals surface area contributed by atoms with Crippen molar-refractivity contribution in [1.29, 1.82) is 0 Å². The van der Waals surface area contributed by atoms with E-state index < -0.39 is 23.8 Å². The van der Waals surface area contributed by atoms with Crippen molar-refractivity contribution in [2.45, 2.75) is 45.3 Å². The molecule has 1 rings (SSSR count). The van der Waals surface area contributed by atoms with Crippen molar-refractivity contribution >= 4 is 12.1 Å². The topological polar surface area (TPSA) is 73.9 Å². The van der Waals surface area contributed by atoms with E-state index in [1.54, 1.807) is 20.8 Å². The van der Waals surface area contributed by atoms with Crippen LogP contribution in [0.3, 0.4) is 0 Å². The molecule has 0 aromatic rings. The van der Waals surface area contributed by atoms with E-state index in [4.69, 9.17) is 9.47 Å². The summed E-state index contributed by atoms with van der Waals surface area (Å²) in [5.74, 6) is -0.594. The van der Waals surface area contributed by atoms with E-state index in [-0.39, 0.29) is 0 Å². The number of carbonyl (C=O) groups excluding carboxylic acids is 2. The second kappa shape index (κ2) is 5.16. The maximum absolute atomic E-state index is 11.3. The zero-order valence-electron chi connectivity index (χ0n) is 9.74. The fourth-order valence-electron chi connectivity index (χ4n) is 1.22. The van der Waals surface area contributed by atoms with Gasteiger partial charge in [-0.1, -0.05) is 0 Å². The number of amides is 1. The van der Waals surface area contributed by atoms with Crippen LogP contribution in [-0.4, -0.2) is 30.4 Å². The van der Waals surface area contributed by atoms with Crippen LogP contribution < -0.4 is 5.48 Å². The van der Waals surface area contributed by atoms with E-state index in [1.165, 1.54) is 0 Å². The van der Waals surface area contributed by atoms with Crippen LogP contribution in [0.5, 0.6) is 0 Å². The first-order valence-electron chi connectivity index (χ1n) is 5.20. The van der Waals surface area contributed by atoms with E-state index in [0.717, 1.165) is 6.42 Å². The van der Waals surface area contributed by atoms with Gasteiger partial charge in [-0.25, -0.2) is 9.59 Å². The first-order chi connectivity index (χ1) is 7.38. The summed E-state index contributed by atoms with van der Waals surface area (Å²) in [5.41, 5.74) is 1.30. The summed E-state index contributed by atoms with van der Waals surface area (Å²) in [7, 11) is 0. The molecule has 16 heavy (non-hydrogen) atoms. The second-order valence-electron chi connectivity index (χ2n) is 4.53. The third-order valence-electron chi connectivity index (χ3n) is 1.83. The third kappa shape index (κ3) is 4.48. The Morgan fingerprint density at radius 2 is 2.06 bits per heavy atom. The molecule has 6 nitrogen and oxygen atoms in total. The molecule has 0 bridgehead atoms. The van der Waals surface area contributed by atoms with Crippen molar-refractivity contribution in [3.05, 3.63) is 0 Å². The highest BCUT2D eigenvalue weighted by molar-refractivity contribution is 5.77. The lowest BCUT2D eigenvalue weighted by atomic mass is 10.2. The van der Waals surface area contributed by atoms with Crippen molar-refractivity contribution in [3.8, 4) is 0 Å². The van der Waals surface area contributed by atoms with Gasteiger partial charge >= 0.3 is 12.1 Å². The van der Waals surface area contributed by atoms with Crippen LogP contribution in [0.15, 0.2) is 0 Å². The Morgan fingerprint density at radius 3 is 2.56 bits per heavy atom. The van der Waals surface area contributed by atoms with Crippen LogP contribution in [-0.2, 0) is 19.1 Å². The number of hydrogen-bond acceptors (Lipinski definition) is 5. The molecule has 1 amide bonds. The number of ether oxygens (including phenoxy) is 2. The van der Waals surface area contributed by atoms with Gasteiger partial charge < -0.3 is 14.3 Å². The molecule has 0 aliphatic carbocycles. The second-order valence-corrected chi connectivity index (χ2v) is 4.53. The number of hydroxylamine groups is 1. The molecule has 1 N–H and O–H groups in total. The molecule has 0 spiro atoms.